The molecule has 1 aromatic carbocycles. The highest BCUT2D eigenvalue weighted by Gasteiger charge is 2.23. The quantitative estimate of drug-likeness (QED) is 0.645. The third-order valence-electron chi connectivity index (χ3n) is 3.23. The summed E-state index contributed by atoms with van der Waals surface area (Å²) in [6.45, 7) is 2.65. The second-order valence-electron chi connectivity index (χ2n) is 4.77. The summed E-state index contributed by atoms with van der Waals surface area (Å²) < 4.78 is 0. The van der Waals surface area contributed by atoms with Crippen LogP contribution in [0.4, 0.5) is 11.4 Å². The molecule has 1 fully saturated rings. The van der Waals surface area contributed by atoms with Gasteiger partial charge in [0.25, 0.3) is 5.69 Å². The lowest BCUT2D eigenvalue weighted by Crippen LogP contribution is -2.43. The van der Waals surface area contributed by atoms with E-state index in [1.807, 2.05) is 6.92 Å². The van der Waals surface area contributed by atoms with Gasteiger partial charge < -0.3 is 10.6 Å². The van der Waals surface area contributed by atoms with E-state index in [1.165, 1.54) is 6.07 Å². The number of nitrogens with zero attached hydrogens (tertiary/aromatic N) is 1. The number of piperidine rings is 1. The van der Waals surface area contributed by atoms with Gasteiger partial charge in [-0.05, 0) is 37.9 Å². The number of aryl methyl sites for hydroxylation is 1. The summed E-state index contributed by atoms with van der Waals surface area (Å²) in [5.74, 6) is -0.201. The van der Waals surface area contributed by atoms with Gasteiger partial charge in [0.05, 0.1) is 11.0 Å². The van der Waals surface area contributed by atoms with E-state index in [0.717, 1.165) is 31.4 Å². The Kier molecular flexibility index (Phi) is 4.11. The van der Waals surface area contributed by atoms with Gasteiger partial charge in [-0.25, -0.2) is 0 Å². The van der Waals surface area contributed by atoms with E-state index in [9.17, 15) is 14.9 Å². The molecule has 2 N–H and O–H groups in total. The van der Waals surface area contributed by atoms with Gasteiger partial charge in [0.2, 0.25) is 5.91 Å². The average molecular weight is 263 g/mol. The standard InChI is InChI=1S/C13H17N3O3/c1-9-5-6-12(16(18)19)11(8-9)15-13(17)10-4-2-3-7-14-10/h5-6,8,10,14H,2-4,7H2,1H3,(H,15,17)/t10-/m1/s1. The van der Waals surface area contributed by atoms with Crippen LogP contribution in [0.3, 0.4) is 0 Å². The molecule has 1 heterocycles. The Morgan fingerprint density at radius 3 is 2.89 bits per heavy atom. The fourth-order valence-electron chi connectivity index (χ4n) is 2.20. The van der Waals surface area contributed by atoms with Crippen LogP contribution in [0.25, 0.3) is 0 Å². The molecular weight excluding hydrogens is 246 g/mol. The molecule has 0 radical (unpaired) electrons. The molecule has 0 aromatic heterocycles. The molecule has 19 heavy (non-hydrogen) atoms. The third kappa shape index (κ3) is 3.29. The number of nitrogens with one attached hydrogen (secondary N) is 2. The normalized spacial score (nSPS) is 18.9. The zero-order valence-corrected chi connectivity index (χ0v) is 10.8. The first-order valence-corrected chi connectivity index (χ1v) is 6.37. The first kappa shape index (κ1) is 13.5. The van der Waals surface area contributed by atoms with Gasteiger partial charge in [-0.2, -0.15) is 0 Å². The lowest BCUT2D eigenvalue weighted by molar-refractivity contribution is -0.383. The molecule has 1 aliphatic heterocycles. The topological polar surface area (TPSA) is 84.3 Å². The van der Waals surface area contributed by atoms with Crippen molar-refractivity contribution in [3.63, 3.8) is 0 Å². The maximum Gasteiger partial charge on any atom is 0.292 e. The molecule has 1 atom stereocenters. The highest BCUT2D eigenvalue weighted by molar-refractivity contribution is 5.96. The van der Waals surface area contributed by atoms with E-state index in [-0.39, 0.29) is 23.3 Å². The lowest BCUT2D eigenvalue weighted by Gasteiger charge is -2.22. The van der Waals surface area contributed by atoms with E-state index in [0.29, 0.717) is 0 Å². The molecule has 1 aromatic rings. The van der Waals surface area contributed by atoms with Crippen LogP contribution in [0, 0.1) is 17.0 Å². The van der Waals surface area contributed by atoms with E-state index in [1.54, 1.807) is 12.1 Å². The van der Waals surface area contributed by atoms with E-state index in [4.69, 9.17) is 0 Å². The number of benzene rings is 1. The number of carbonyl (C=O) groups is 1. The Bertz CT molecular complexity index is 496. The van der Waals surface area contributed by atoms with Gasteiger partial charge >= 0.3 is 0 Å². The van der Waals surface area contributed by atoms with Gasteiger partial charge in [-0.1, -0.05) is 12.5 Å². The van der Waals surface area contributed by atoms with Crippen molar-refractivity contribution in [1.29, 1.82) is 0 Å². The number of nitro groups is 1. The summed E-state index contributed by atoms with van der Waals surface area (Å²) in [5.41, 5.74) is 1.06. The molecule has 6 nitrogen and oxygen atoms in total. The summed E-state index contributed by atoms with van der Waals surface area (Å²) in [7, 11) is 0. The lowest BCUT2D eigenvalue weighted by atomic mass is 10.0. The van der Waals surface area contributed by atoms with Crippen LogP contribution >= 0.6 is 0 Å². The number of anilines is 1. The van der Waals surface area contributed by atoms with Crippen molar-refractivity contribution in [2.75, 3.05) is 11.9 Å². The second kappa shape index (κ2) is 5.79. The number of hydrogen-bond donors (Lipinski definition) is 2. The van der Waals surface area contributed by atoms with Crippen LogP contribution < -0.4 is 10.6 Å². The average Bonchev–Trinajstić information content (AvgIpc) is 2.39. The monoisotopic (exact) mass is 263 g/mol. The highest BCUT2D eigenvalue weighted by Crippen LogP contribution is 2.25. The van der Waals surface area contributed by atoms with Crippen molar-refractivity contribution >= 4 is 17.3 Å². The Morgan fingerprint density at radius 2 is 2.26 bits per heavy atom. The van der Waals surface area contributed by atoms with Gasteiger partial charge in [0.15, 0.2) is 0 Å². The summed E-state index contributed by atoms with van der Waals surface area (Å²) in [4.78, 5) is 22.5. The minimum atomic E-state index is -0.483. The van der Waals surface area contributed by atoms with E-state index < -0.39 is 4.92 Å². The molecular formula is C13H17N3O3. The summed E-state index contributed by atoms with van der Waals surface area (Å²) in [5, 5.41) is 16.7. The van der Waals surface area contributed by atoms with Gasteiger partial charge in [-0.3, -0.25) is 14.9 Å². The van der Waals surface area contributed by atoms with Crippen molar-refractivity contribution in [2.45, 2.75) is 32.2 Å². The zero-order chi connectivity index (χ0) is 13.8. The Labute approximate surface area is 111 Å². The largest absolute Gasteiger partial charge is 0.319 e. The predicted molar refractivity (Wildman–Crippen MR) is 72.1 cm³/mol. The van der Waals surface area contributed by atoms with Crippen LogP contribution in [0.1, 0.15) is 24.8 Å². The molecule has 2 rings (SSSR count). The first-order valence-electron chi connectivity index (χ1n) is 6.37. The van der Waals surface area contributed by atoms with Crippen LogP contribution in [-0.4, -0.2) is 23.4 Å². The summed E-state index contributed by atoms with van der Waals surface area (Å²) in [6.07, 6.45) is 2.83. The molecule has 6 heteroatoms. The minimum Gasteiger partial charge on any atom is -0.319 e. The molecule has 1 aliphatic rings. The van der Waals surface area contributed by atoms with Crippen LogP contribution in [0.2, 0.25) is 0 Å². The summed E-state index contributed by atoms with van der Waals surface area (Å²) >= 11 is 0. The third-order valence-corrected chi connectivity index (χ3v) is 3.23. The molecule has 0 unspecified atom stereocenters. The van der Waals surface area contributed by atoms with Crippen LogP contribution in [0.5, 0.6) is 0 Å². The number of carbonyl (C=O) groups excluding carboxylic acids is 1. The Morgan fingerprint density at radius 1 is 1.47 bits per heavy atom. The number of rotatable bonds is 3. The van der Waals surface area contributed by atoms with Crippen LogP contribution in [-0.2, 0) is 4.79 Å². The fraction of sp³-hybridized carbons (Fsp3) is 0.462. The molecule has 0 bridgehead atoms. The first-order chi connectivity index (χ1) is 9.08. The maximum absolute atomic E-state index is 12.1. The summed E-state index contributed by atoms with van der Waals surface area (Å²) in [6, 6.07) is 4.44. The zero-order valence-electron chi connectivity index (χ0n) is 10.8. The highest BCUT2D eigenvalue weighted by atomic mass is 16.6. The number of nitro benzene ring substituents is 1. The smallest absolute Gasteiger partial charge is 0.292 e. The van der Waals surface area contributed by atoms with Gasteiger partial charge in [0, 0.05) is 6.07 Å². The SMILES string of the molecule is Cc1ccc([N+](=O)[O-])c(NC(=O)[C@H]2CCCCN2)c1. The molecule has 0 saturated carbocycles. The van der Waals surface area contributed by atoms with Crippen LogP contribution in [0.15, 0.2) is 18.2 Å². The van der Waals surface area contributed by atoms with E-state index in [2.05, 4.69) is 10.6 Å². The molecule has 0 spiro atoms. The number of amides is 1. The van der Waals surface area contributed by atoms with E-state index >= 15 is 0 Å². The maximum atomic E-state index is 12.1. The predicted octanol–water partition coefficient (Wildman–Crippen LogP) is 1.98. The van der Waals surface area contributed by atoms with Crippen molar-refractivity contribution < 1.29 is 9.72 Å². The molecule has 0 aliphatic carbocycles. The Balaban J connectivity index is 2.15. The Hall–Kier alpha value is -1.95. The minimum absolute atomic E-state index is 0.0743. The van der Waals surface area contributed by atoms with Crippen molar-refractivity contribution in [1.82, 2.24) is 5.32 Å². The molecule has 1 saturated heterocycles. The number of hydrogen-bond acceptors (Lipinski definition) is 4. The van der Waals surface area contributed by atoms with Crippen molar-refractivity contribution in [3.05, 3.63) is 33.9 Å². The van der Waals surface area contributed by atoms with Crippen molar-refractivity contribution in [2.24, 2.45) is 0 Å². The fourth-order valence-corrected chi connectivity index (χ4v) is 2.20. The molecule has 1 amide bonds. The van der Waals surface area contributed by atoms with Gasteiger partial charge in [-0.15, -0.1) is 0 Å². The van der Waals surface area contributed by atoms with Crippen molar-refractivity contribution in [3.8, 4) is 0 Å². The van der Waals surface area contributed by atoms with Gasteiger partial charge in [0.1, 0.15) is 5.69 Å². The second-order valence-corrected chi connectivity index (χ2v) is 4.77. The molecule has 102 valence electrons.